The molecular weight excluding hydrogens is 468 g/mol. The first-order chi connectivity index (χ1) is 18.0. The molecule has 38 heavy (non-hydrogen) atoms. The molecular formula is C35H62O3. The summed E-state index contributed by atoms with van der Waals surface area (Å²) in [4.78, 5) is 13.2. The molecule has 1 rings (SSSR count). The number of rotatable bonds is 20. The van der Waals surface area contributed by atoms with Crippen LogP contribution in [-0.4, -0.2) is 17.7 Å². The minimum absolute atomic E-state index is 0.0494. The van der Waals surface area contributed by atoms with E-state index < -0.39 is 5.92 Å². The number of unbranched alkanes of at least 4 members (excludes halogenated alkanes) is 15. The SMILES string of the molecule is CCCCCCCCCCCCCCCCCCOC(=O)C(CC(C)(C)C)c1cc(C(C)(C)C)ccc1O. The molecule has 0 heterocycles. The first-order valence-corrected chi connectivity index (χ1v) is 16.0. The van der Waals surface area contributed by atoms with E-state index in [-0.39, 0.29) is 22.5 Å². The summed E-state index contributed by atoms with van der Waals surface area (Å²) in [5.41, 5.74) is 1.72. The summed E-state index contributed by atoms with van der Waals surface area (Å²) in [6, 6.07) is 5.69. The standard InChI is InChI=1S/C35H62O3/c1-8-9-10-11-12-13-14-15-16-17-18-19-20-21-22-23-26-38-33(37)31(28-34(2,3)4)30-27-29(35(5,6)7)24-25-32(30)36/h24-25,27,31,36H,8-23,26,28H2,1-7H3. The van der Waals surface area contributed by atoms with E-state index in [0.29, 0.717) is 18.6 Å². The van der Waals surface area contributed by atoms with Crippen molar-refractivity contribution >= 4 is 5.97 Å². The Bertz CT molecular complexity index is 753. The summed E-state index contributed by atoms with van der Waals surface area (Å²) in [7, 11) is 0. The van der Waals surface area contributed by atoms with Gasteiger partial charge in [0.15, 0.2) is 0 Å². The van der Waals surface area contributed by atoms with Crippen molar-refractivity contribution in [3.63, 3.8) is 0 Å². The van der Waals surface area contributed by atoms with Crippen LogP contribution in [0, 0.1) is 5.41 Å². The Balaban J connectivity index is 2.27. The van der Waals surface area contributed by atoms with Gasteiger partial charge in [-0.2, -0.15) is 0 Å². The quantitative estimate of drug-likeness (QED) is 0.135. The molecule has 3 heteroatoms. The van der Waals surface area contributed by atoms with Gasteiger partial charge in [0.1, 0.15) is 5.75 Å². The summed E-state index contributed by atoms with van der Waals surface area (Å²) in [6.07, 6.45) is 21.9. The van der Waals surface area contributed by atoms with Crippen molar-refractivity contribution in [1.29, 1.82) is 0 Å². The van der Waals surface area contributed by atoms with Crippen LogP contribution in [0.1, 0.15) is 175 Å². The van der Waals surface area contributed by atoms with Gasteiger partial charge >= 0.3 is 5.97 Å². The third kappa shape index (κ3) is 15.8. The Morgan fingerprint density at radius 1 is 0.737 bits per heavy atom. The van der Waals surface area contributed by atoms with Gasteiger partial charge in [-0.3, -0.25) is 4.79 Å². The summed E-state index contributed by atoms with van der Waals surface area (Å²) >= 11 is 0. The first kappa shape index (κ1) is 34.5. The molecule has 0 spiro atoms. The van der Waals surface area contributed by atoms with Crippen LogP contribution in [0.3, 0.4) is 0 Å². The second-order valence-electron chi connectivity index (χ2n) is 13.8. The molecule has 0 amide bonds. The number of benzene rings is 1. The van der Waals surface area contributed by atoms with Crippen molar-refractivity contribution in [3.05, 3.63) is 29.3 Å². The molecule has 0 aliphatic rings. The number of hydrogen-bond donors (Lipinski definition) is 1. The van der Waals surface area contributed by atoms with Crippen molar-refractivity contribution < 1.29 is 14.6 Å². The zero-order chi connectivity index (χ0) is 28.4. The molecule has 0 fully saturated rings. The van der Waals surface area contributed by atoms with Gasteiger partial charge < -0.3 is 9.84 Å². The van der Waals surface area contributed by atoms with Gasteiger partial charge in [-0.1, -0.05) is 157 Å². The lowest BCUT2D eigenvalue weighted by Crippen LogP contribution is -2.23. The zero-order valence-corrected chi connectivity index (χ0v) is 26.3. The molecule has 0 saturated heterocycles. The Kier molecular flexibility index (Phi) is 17.0. The molecule has 1 N–H and O–H groups in total. The van der Waals surface area contributed by atoms with E-state index in [1.165, 1.54) is 89.9 Å². The van der Waals surface area contributed by atoms with Crippen LogP contribution in [-0.2, 0) is 14.9 Å². The second kappa shape index (κ2) is 18.7. The average molecular weight is 531 g/mol. The van der Waals surface area contributed by atoms with E-state index in [9.17, 15) is 9.90 Å². The van der Waals surface area contributed by atoms with E-state index in [1.54, 1.807) is 6.07 Å². The van der Waals surface area contributed by atoms with Crippen LogP contribution in [0.25, 0.3) is 0 Å². The summed E-state index contributed by atoms with van der Waals surface area (Å²) in [5.74, 6) is -0.466. The van der Waals surface area contributed by atoms with Gasteiger partial charge in [0.2, 0.25) is 0 Å². The van der Waals surface area contributed by atoms with E-state index in [0.717, 1.165) is 18.4 Å². The van der Waals surface area contributed by atoms with Crippen LogP contribution in [0.15, 0.2) is 18.2 Å². The smallest absolute Gasteiger partial charge is 0.313 e. The minimum Gasteiger partial charge on any atom is -0.508 e. The van der Waals surface area contributed by atoms with Crippen molar-refractivity contribution in [3.8, 4) is 5.75 Å². The van der Waals surface area contributed by atoms with Gasteiger partial charge in [0, 0.05) is 5.56 Å². The van der Waals surface area contributed by atoms with Gasteiger partial charge in [-0.25, -0.2) is 0 Å². The molecule has 1 atom stereocenters. The van der Waals surface area contributed by atoms with Crippen molar-refractivity contribution in [2.24, 2.45) is 5.41 Å². The molecule has 1 unspecified atom stereocenters. The van der Waals surface area contributed by atoms with E-state index in [4.69, 9.17) is 4.74 Å². The average Bonchev–Trinajstić information content (AvgIpc) is 2.83. The highest BCUT2D eigenvalue weighted by atomic mass is 16.5. The minimum atomic E-state index is -0.446. The summed E-state index contributed by atoms with van der Waals surface area (Å²) in [5, 5.41) is 10.6. The lowest BCUT2D eigenvalue weighted by Gasteiger charge is -2.27. The van der Waals surface area contributed by atoms with Gasteiger partial charge in [-0.15, -0.1) is 0 Å². The van der Waals surface area contributed by atoms with Crippen molar-refractivity contribution in [1.82, 2.24) is 0 Å². The van der Waals surface area contributed by atoms with Crippen molar-refractivity contribution in [2.45, 2.75) is 169 Å². The van der Waals surface area contributed by atoms with Crippen LogP contribution in [0.5, 0.6) is 5.75 Å². The number of aromatic hydroxyl groups is 1. The van der Waals surface area contributed by atoms with E-state index in [2.05, 4.69) is 48.5 Å². The molecule has 0 saturated carbocycles. The number of esters is 1. The molecule has 0 radical (unpaired) electrons. The van der Waals surface area contributed by atoms with Gasteiger partial charge in [0.05, 0.1) is 12.5 Å². The van der Waals surface area contributed by atoms with Crippen LogP contribution in [0.2, 0.25) is 0 Å². The Hall–Kier alpha value is -1.51. The number of hydrogen-bond acceptors (Lipinski definition) is 3. The predicted molar refractivity (Wildman–Crippen MR) is 164 cm³/mol. The summed E-state index contributed by atoms with van der Waals surface area (Å²) in [6.45, 7) is 15.6. The number of phenols is 1. The van der Waals surface area contributed by atoms with E-state index in [1.807, 2.05) is 12.1 Å². The molecule has 0 aliphatic carbocycles. The number of carbonyl (C=O) groups excluding carboxylic acids is 1. The molecule has 0 aromatic heterocycles. The predicted octanol–water partition coefficient (Wildman–Crippen LogP) is 11.0. The van der Waals surface area contributed by atoms with Crippen LogP contribution >= 0.6 is 0 Å². The second-order valence-corrected chi connectivity index (χ2v) is 13.8. The van der Waals surface area contributed by atoms with E-state index >= 15 is 0 Å². The monoisotopic (exact) mass is 530 g/mol. The third-order valence-electron chi connectivity index (χ3n) is 7.61. The lowest BCUT2D eigenvalue weighted by atomic mass is 9.79. The number of ether oxygens (including phenoxy) is 1. The Labute approximate surface area is 236 Å². The van der Waals surface area contributed by atoms with Crippen LogP contribution < -0.4 is 0 Å². The highest BCUT2D eigenvalue weighted by Gasteiger charge is 2.31. The van der Waals surface area contributed by atoms with Crippen molar-refractivity contribution in [2.75, 3.05) is 6.61 Å². The Morgan fingerprint density at radius 3 is 1.61 bits per heavy atom. The molecule has 1 aromatic rings. The lowest BCUT2D eigenvalue weighted by molar-refractivity contribution is -0.146. The number of carbonyl (C=O) groups is 1. The largest absolute Gasteiger partial charge is 0.508 e. The highest BCUT2D eigenvalue weighted by Crippen LogP contribution is 2.38. The first-order valence-electron chi connectivity index (χ1n) is 16.0. The normalized spacial score (nSPS) is 13.0. The molecule has 1 aromatic carbocycles. The maximum Gasteiger partial charge on any atom is 0.313 e. The molecule has 0 aliphatic heterocycles. The Morgan fingerprint density at radius 2 is 1.18 bits per heavy atom. The fourth-order valence-corrected chi connectivity index (χ4v) is 5.16. The van der Waals surface area contributed by atoms with Crippen LogP contribution in [0.4, 0.5) is 0 Å². The maximum atomic E-state index is 13.2. The van der Waals surface area contributed by atoms with Gasteiger partial charge in [0.25, 0.3) is 0 Å². The fourth-order valence-electron chi connectivity index (χ4n) is 5.16. The van der Waals surface area contributed by atoms with Gasteiger partial charge in [-0.05, 0) is 35.3 Å². The third-order valence-corrected chi connectivity index (χ3v) is 7.61. The molecule has 0 bridgehead atoms. The fraction of sp³-hybridized carbons (Fsp3) is 0.800. The highest BCUT2D eigenvalue weighted by molar-refractivity contribution is 5.79. The number of phenolic OH excluding ortho intramolecular Hbond substituents is 1. The maximum absolute atomic E-state index is 13.2. The molecule has 220 valence electrons. The molecule has 3 nitrogen and oxygen atoms in total. The topological polar surface area (TPSA) is 46.5 Å². The summed E-state index contributed by atoms with van der Waals surface area (Å²) < 4.78 is 5.75. The zero-order valence-electron chi connectivity index (χ0n) is 26.3.